The van der Waals surface area contributed by atoms with Gasteiger partial charge in [0.2, 0.25) is 5.91 Å². The Balaban J connectivity index is 1.52. The number of benzene rings is 2. The van der Waals surface area contributed by atoms with E-state index in [-0.39, 0.29) is 35.8 Å². The van der Waals surface area contributed by atoms with Gasteiger partial charge in [0.25, 0.3) is 11.5 Å². The average molecular weight is 590 g/mol. The zero-order chi connectivity index (χ0) is 26.2. The van der Waals surface area contributed by atoms with E-state index in [9.17, 15) is 14.4 Å². The van der Waals surface area contributed by atoms with Crippen molar-refractivity contribution in [1.29, 1.82) is 0 Å². The van der Waals surface area contributed by atoms with Crippen LogP contribution in [0.3, 0.4) is 0 Å². The molecule has 11 heteroatoms. The molecule has 0 radical (unpaired) electrons. The van der Waals surface area contributed by atoms with Crippen molar-refractivity contribution in [3.8, 4) is 0 Å². The summed E-state index contributed by atoms with van der Waals surface area (Å²) in [4.78, 5) is 42.9. The van der Waals surface area contributed by atoms with Gasteiger partial charge < -0.3 is 20.1 Å². The molecule has 2 heterocycles. The molecule has 3 aromatic rings. The molecule has 37 heavy (non-hydrogen) atoms. The Morgan fingerprint density at radius 1 is 1.22 bits per heavy atom. The van der Waals surface area contributed by atoms with E-state index >= 15 is 0 Å². The highest BCUT2D eigenvalue weighted by Gasteiger charge is 2.18. The molecule has 0 saturated carbocycles. The van der Waals surface area contributed by atoms with Crippen LogP contribution < -0.4 is 16.2 Å². The molecule has 1 aliphatic heterocycles. The summed E-state index contributed by atoms with van der Waals surface area (Å²) in [5, 5.41) is 6.63. The molecule has 1 aliphatic rings. The molecule has 1 atom stereocenters. The standard InChI is InChI=1S/C26H29BrN4O5S/c1-35-12-10-28-24(33)18-6-4-17(5-7-18)15-31-25(34)21-13-19(27)8-9-22(21)30-26(31)37-16-23(32)29-14-20-3-2-11-36-20/h4-9,13,20H,2-3,10-12,14-16H2,1H3,(H,28,33)(H,29,32)/t20-/m0/s1. The van der Waals surface area contributed by atoms with Crippen LogP contribution in [0.1, 0.15) is 28.8 Å². The Morgan fingerprint density at radius 2 is 2.03 bits per heavy atom. The number of aromatic nitrogens is 2. The average Bonchev–Trinajstić information content (AvgIpc) is 3.43. The summed E-state index contributed by atoms with van der Waals surface area (Å²) in [6, 6.07) is 12.4. The van der Waals surface area contributed by atoms with Gasteiger partial charge in [0.05, 0.1) is 35.9 Å². The summed E-state index contributed by atoms with van der Waals surface area (Å²) in [6.45, 7) is 2.33. The van der Waals surface area contributed by atoms with Gasteiger partial charge in [0.15, 0.2) is 5.16 Å². The van der Waals surface area contributed by atoms with E-state index in [0.717, 1.165) is 29.5 Å². The molecule has 2 N–H and O–H groups in total. The molecule has 0 aliphatic carbocycles. The molecular weight excluding hydrogens is 560 g/mol. The smallest absolute Gasteiger partial charge is 0.262 e. The molecule has 0 spiro atoms. The molecule has 2 amide bonds. The van der Waals surface area contributed by atoms with Gasteiger partial charge in [0.1, 0.15) is 0 Å². The van der Waals surface area contributed by atoms with Crippen LogP contribution in [0.2, 0.25) is 0 Å². The minimum Gasteiger partial charge on any atom is -0.383 e. The number of rotatable bonds is 11. The lowest BCUT2D eigenvalue weighted by atomic mass is 10.1. The minimum absolute atomic E-state index is 0.0643. The number of thioether (sulfide) groups is 1. The zero-order valence-corrected chi connectivity index (χ0v) is 22.9. The lowest BCUT2D eigenvalue weighted by molar-refractivity contribution is -0.119. The van der Waals surface area contributed by atoms with Crippen LogP contribution in [0.25, 0.3) is 10.9 Å². The second-order valence-electron chi connectivity index (χ2n) is 8.62. The van der Waals surface area contributed by atoms with E-state index in [1.807, 2.05) is 18.2 Å². The number of carbonyl (C=O) groups excluding carboxylic acids is 2. The number of methoxy groups -OCH3 is 1. The minimum atomic E-state index is -0.199. The molecule has 2 aromatic carbocycles. The van der Waals surface area contributed by atoms with Crippen LogP contribution in [0, 0.1) is 0 Å². The molecule has 0 bridgehead atoms. The maximum Gasteiger partial charge on any atom is 0.262 e. The largest absolute Gasteiger partial charge is 0.383 e. The van der Waals surface area contributed by atoms with Gasteiger partial charge in [-0.2, -0.15) is 0 Å². The second-order valence-corrected chi connectivity index (χ2v) is 10.5. The highest BCUT2D eigenvalue weighted by Crippen LogP contribution is 2.22. The van der Waals surface area contributed by atoms with Crippen LogP contribution in [-0.2, 0) is 20.8 Å². The summed E-state index contributed by atoms with van der Waals surface area (Å²) >= 11 is 4.65. The second kappa shape index (κ2) is 13.2. The third-order valence-electron chi connectivity index (χ3n) is 5.91. The first kappa shape index (κ1) is 27.3. The first-order chi connectivity index (χ1) is 17.9. The molecule has 1 saturated heterocycles. The summed E-state index contributed by atoms with van der Waals surface area (Å²) < 4.78 is 12.9. The highest BCUT2D eigenvalue weighted by molar-refractivity contribution is 9.10. The van der Waals surface area contributed by atoms with Gasteiger partial charge in [-0.15, -0.1) is 0 Å². The lowest BCUT2D eigenvalue weighted by Gasteiger charge is -2.14. The van der Waals surface area contributed by atoms with Gasteiger partial charge in [-0.1, -0.05) is 39.8 Å². The first-order valence-corrected chi connectivity index (χ1v) is 13.8. The number of nitrogens with one attached hydrogen (secondary N) is 2. The number of hydrogen-bond acceptors (Lipinski definition) is 7. The van der Waals surface area contributed by atoms with Crippen molar-refractivity contribution in [1.82, 2.24) is 20.2 Å². The van der Waals surface area contributed by atoms with Crippen molar-refractivity contribution in [3.63, 3.8) is 0 Å². The lowest BCUT2D eigenvalue weighted by Crippen LogP contribution is -2.33. The van der Waals surface area contributed by atoms with Gasteiger partial charge >= 0.3 is 0 Å². The zero-order valence-electron chi connectivity index (χ0n) is 20.5. The number of nitrogens with zero attached hydrogens (tertiary/aromatic N) is 2. The van der Waals surface area contributed by atoms with Crippen LogP contribution in [0.4, 0.5) is 0 Å². The summed E-state index contributed by atoms with van der Waals surface area (Å²) in [6.07, 6.45) is 2.02. The van der Waals surface area contributed by atoms with E-state index in [1.54, 1.807) is 35.9 Å². The third-order valence-corrected chi connectivity index (χ3v) is 7.38. The van der Waals surface area contributed by atoms with Gasteiger partial charge in [-0.25, -0.2) is 4.98 Å². The fraction of sp³-hybridized carbons (Fsp3) is 0.385. The number of hydrogen-bond donors (Lipinski definition) is 2. The Hall–Kier alpha value is -2.73. The van der Waals surface area contributed by atoms with E-state index in [4.69, 9.17) is 14.5 Å². The third kappa shape index (κ3) is 7.41. The summed E-state index contributed by atoms with van der Waals surface area (Å²) in [7, 11) is 1.58. The molecule has 0 unspecified atom stereocenters. The Morgan fingerprint density at radius 3 is 2.76 bits per heavy atom. The van der Waals surface area contributed by atoms with E-state index in [0.29, 0.717) is 41.3 Å². The normalized spacial score (nSPS) is 15.1. The predicted molar refractivity (Wildman–Crippen MR) is 146 cm³/mol. The van der Waals surface area contributed by atoms with Gasteiger partial charge in [-0.3, -0.25) is 19.0 Å². The van der Waals surface area contributed by atoms with Crippen LogP contribution in [0.5, 0.6) is 0 Å². The van der Waals surface area contributed by atoms with E-state index < -0.39 is 0 Å². The highest BCUT2D eigenvalue weighted by atomic mass is 79.9. The maximum atomic E-state index is 13.5. The quantitative estimate of drug-likeness (QED) is 0.201. The fourth-order valence-electron chi connectivity index (χ4n) is 3.95. The van der Waals surface area contributed by atoms with Crippen molar-refractivity contribution >= 4 is 50.4 Å². The summed E-state index contributed by atoms with van der Waals surface area (Å²) in [5.41, 5.74) is 1.71. The Kier molecular flexibility index (Phi) is 9.73. The van der Waals surface area contributed by atoms with Crippen LogP contribution >= 0.6 is 27.7 Å². The molecule has 4 rings (SSSR count). The van der Waals surface area contributed by atoms with E-state index in [1.165, 1.54) is 11.8 Å². The topological polar surface area (TPSA) is 112 Å². The van der Waals surface area contributed by atoms with Crippen molar-refractivity contribution in [2.24, 2.45) is 0 Å². The number of ether oxygens (including phenoxy) is 2. The monoisotopic (exact) mass is 588 g/mol. The molecule has 196 valence electrons. The number of carbonyl (C=O) groups is 2. The molecular formula is C26H29BrN4O5S. The molecule has 1 aromatic heterocycles. The number of amides is 2. The van der Waals surface area contributed by atoms with Crippen molar-refractivity contribution < 1.29 is 19.1 Å². The Bertz CT molecular complexity index is 1310. The molecule has 1 fully saturated rings. The number of halogens is 1. The van der Waals surface area contributed by atoms with Gasteiger partial charge in [-0.05, 0) is 48.7 Å². The first-order valence-electron chi connectivity index (χ1n) is 12.0. The van der Waals surface area contributed by atoms with E-state index in [2.05, 4.69) is 26.6 Å². The molecule has 9 nitrogen and oxygen atoms in total. The predicted octanol–water partition coefficient (Wildman–Crippen LogP) is 2.97. The fourth-order valence-corrected chi connectivity index (χ4v) is 5.14. The SMILES string of the molecule is COCCNC(=O)c1ccc(Cn2c(SCC(=O)NC[C@@H]3CCCO3)nc3ccc(Br)cc3c2=O)cc1. The van der Waals surface area contributed by atoms with Crippen molar-refractivity contribution in [2.75, 3.05) is 39.2 Å². The number of fused-ring (bicyclic) bond motifs is 1. The van der Waals surface area contributed by atoms with Crippen molar-refractivity contribution in [2.45, 2.75) is 30.6 Å². The van der Waals surface area contributed by atoms with Crippen LogP contribution in [-0.4, -0.2) is 66.6 Å². The maximum absolute atomic E-state index is 13.5. The summed E-state index contributed by atoms with van der Waals surface area (Å²) in [5.74, 6) is -0.203. The van der Waals surface area contributed by atoms with Gasteiger partial charge in [0, 0.05) is 36.8 Å². The van der Waals surface area contributed by atoms with Crippen LogP contribution in [0.15, 0.2) is 56.9 Å². The van der Waals surface area contributed by atoms with Crippen molar-refractivity contribution in [3.05, 3.63) is 68.4 Å². The Labute approximate surface area is 227 Å².